The van der Waals surface area contributed by atoms with Crippen LogP contribution in [0.25, 0.3) is 0 Å². The molecule has 0 aromatic heterocycles. The second-order valence-corrected chi connectivity index (χ2v) is 4.25. The number of hydrogen-bond acceptors (Lipinski definition) is 1. The predicted molar refractivity (Wildman–Crippen MR) is 46.3 cm³/mol. The average molecular weight is 152 g/mol. The van der Waals surface area contributed by atoms with E-state index >= 15 is 0 Å². The molecule has 2 atom stereocenters. The summed E-state index contributed by atoms with van der Waals surface area (Å²) in [5, 5.41) is 0. The molecule has 0 spiro atoms. The van der Waals surface area contributed by atoms with Gasteiger partial charge in [0, 0.05) is 5.92 Å². The highest BCUT2D eigenvalue weighted by atomic mass is 16.1. The fourth-order valence-electron chi connectivity index (χ4n) is 1.66. The quantitative estimate of drug-likeness (QED) is 0.438. The van der Waals surface area contributed by atoms with E-state index in [9.17, 15) is 4.79 Å². The Morgan fingerprint density at radius 2 is 1.82 bits per heavy atom. The first-order chi connectivity index (χ1) is 5.00. The molecule has 1 fully saturated rings. The molecule has 0 radical (unpaired) electrons. The van der Waals surface area contributed by atoms with Gasteiger partial charge in [0.2, 0.25) is 0 Å². The van der Waals surface area contributed by atoms with Crippen LogP contribution < -0.4 is 0 Å². The van der Waals surface area contributed by atoms with Crippen molar-refractivity contribution in [2.45, 2.75) is 27.7 Å². The molecule has 0 unspecified atom stereocenters. The van der Waals surface area contributed by atoms with Crippen molar-refractivity contribution in [1.29, 1.82) is 0 Å². The molecule has 1 aliphatic rings. The molecule has 1 saturated carbocycles. The van der Waals surface area contributed by atoms with E-state index in [1.54, 1.807) is 0 Å². The Morgan fingerprint density at radius 3 is 2.09 bits per heavy atom. The summed E-state index contributed by atoms with van der Waals surface area (Å²) in [6.07, 6.45) is 3.29. The standard InChI is InChI=1S/C10H16O/c1-7(2)5-8-9(6-11)10(8,3)4/h5-6,8-9H,1-4H3/t8-,9-/m1/s1. The average Bonchev–Trinajstić information content (AvgIpc) is 2.33. The molecule has 0 amide bonds. The zero-order chi connectivity index (χ0) is 8.65. The van der Waals surface area contributed by atoms with Gasteiger partial charge in [0.15, 0.2) is 0 Å². The van der Waals surface area contributed by atoms with Crippen LogP contribution in [0.3, 0.4) is 0 Å². The maximum absolute atomic E-state index is 10.5. The van der Waals surface area contributed by atoms with Crippen molar-refractivity contribution in [2.24, 2.45) is 17.3 Å². The largest absolute Gasteiger partial charge is 0.303 e. The zero-order valence-corrected chi connectivity index (χ0v) is 7.72. The van der Waals surface area contributed by atoms with Crippen LogP contribution in [0, 0.1) is 17.3 Å². The lowest BCUT2D eigenvalue weighted by atomic mass is 10.1. The van der Waals surface area contributed by atoms with Crippen molar-refractivity contribution in [3.05, 3.63) is 11.6 Å². The van der Waals surface area contributed by atoms with Gasteiger partial charge in [-0.1, -0.05) is 25.5 Å². The van der Waals surface area contributed by atoms with Gasteiger partial charge in [0.1, 0.15) is 6.29 Å². The number of aldehydes is 1. The molecule has 1 rings (SSSR count). The van der Waals surface area contributed by atoms with Gasteiger partial charge in [0.05, 0.1) is 0 Å². The van der Waals surface area contributed by atoms with Crippen LogP contribution >= 0.6 is 0 Å². The molecule has 0 N–H and O–H groups in total. The van der Waals surface area contributed by atoms with Gasteiger partial charge in [-0.05, 0) is 25.2 Å². The summed E-state index contributed by atoms with van der Waals surface area (Å²) >= 11 is 0. The van der Waals surface area contributed by atoms with Crippen molar-refractivity contribution in [2.75, 3.05) is 0 Å². The minimum Gasteiger partial charge on any atom is -0.303 e. The third kappa shape index (κ3) is 1.37. The maximum Gasteiger partial charge on any atom is 0.124 e. The summed E-state index contributed by atoms with van der Waals surface area (Å²) in [6.45, 7) is 8.46. The lowest BCUT2D eigenvalue weighted by Crippen LogP contribution is -1.89. The van der Waals surface area contributed by atoms with Gasteiger partial charge < -0.3 is 4.79 Å². The highest BCUT2D eigenvalue weighted by molar-refractivity contribution is 5.62. The summed E-state index contributed by atoms with van der Waals surface area (Å²) in [5.74, 6) is 0.752. The molecular formula is C10H16O. The second kappa shape index (κ2) is 2.47. The van der Waals surface area contributed by atoms with Crippen LogP contribution in [0.5, 0.6) is 0 Å². The fourth-order valence-corrected chi connectivity index (χ4v) is 1.66. The van der Waals surface area contributed by atoms with Gasteiger partial charge >= 0.3 is 0 Å². The highest BCUT2D eigenvalue weighted by Crippen LogP contribution is 2.57. The Hall–Kier alpha value is -0.590. The predicted octanol–water partition coefficient (Wildman–Crippen LogP) is 2.42. The SMILES string of the molecule is CC(C)=C[C@@H]1[C@@H](C=O)C1(C)C. The first kappa shape index (κ1) is 8.51. The van der Waals surface area contributed by atoms with Gasteiger partial charge in [-0.25, -0.2) is 0 Å². The van der Waals surface area contributed by atoms with E-state index in [0.29, 0.717) is 5.92 Å². The molecule has 0 saturated heterocycles. The summed E-state index contributed by atoms with van der Waals surface area (Å²) in [7, 11) is 0. The van der Waals surface area contributed by atoms with Gasteiger partial charge in [-0.15, -0.1) is 0 Å². The molecule has 1 aliphatic carbocycles. The van der Waals surface area contributed by atoms with Crippen molar-refractivity contribution in [3.8, 4) is 0 Å². The van der Waals surface area contributed by atoms with Crippen molar-refractivity contribution < 1.29 is 4.79 Å². The fraction of sp³-hybridized carbons (Fsp3) is 0.700. The van der Waals surface area contributed by atoms with Crippen LogP contribution in [0.2, 0.25) is 0 Å². The Morgan fingerprint density at radius 1 is 1.27 bits per heavy atom. The number of carbonyl (C=O) groups is 1. The Bertz CT molecular complexity index is 197. The number of allylic oxidation sites excluding steroid dienone is 2. The van der Waals surface area contributed by atoms with Gasteiger partial charge in [0.25, 0.3) is 0 Å². The molecular weight excluding hydrogens is 136 g/mol. The minimum absolute atomic E-state index is 0.221. The van der Waals surface area contributed by atoms with Gasteiger partial charge in [-0.3, -0.25) is 0 Å². The van der Waals surface area contributed by atoms with E-state index in [-0.39, 0.29) is 11.3 Å². The van der Waals surface area contributed by atoms with Crippen LogP contribution in [0.15, 0.2) is 11.6 Å². The Balaban J connectivity index is 2.67. The summed E-state index contributed by atoms with van der Waals surface area (Å²) in [5.41, 5.74) is 1.53. The first-order valence-electron chi connectivity index (χ1n) is 4.10. The summed E-state index contributed by atoms with van der Waals surface area (Å²) in [4.78, 5) is 10.5. The monoisotopic (exact) mass is 152 g/mol. The minimum atomic E-state index is 0.221. The molecule has 62 valence electrons. The van der Waals surface area contributed by atoms with E-state index in [0.717, 1.165) is 6.29 Å². The molecule has 0 heterocycles. The van der Waals surface area contributed by atoms with E-state index < -0.39 is 0 Å². The molecule has 0 aromatic rings. The third-order valence-corrected chi connectivity index (χ3v) is 2.66. The normalized spacial score (nSPS) is 32.7. The molecule has 1 nitrogen and oxygen atoms in total. The lowest BCUT2D eigenvalue weighted by molar-refractivity contribution is -0.109. The maximum atomic E-state index is 10.5. The Labute approximate surface area is 68.5 Å². The molecule has 0 bridgehead atoms. The lowest BCUT2D eigenvalue weighted by Gasteiger charge is -1.96. The molecule has 11 heavy (non-hydrogen) atoms. The van der Waals surface area contributed by atoms with Crippen molar-refractivity contribution in [1.82, 2.24) is 0 Å². The van der Waals surface area contributed by atoms with Crippen LogP contribution in [0.4, 0.5) is 0 Å². The van der Waals surface area contributed by atoms with E-state index in [2.05, 4.69) is 33.8 Å². The summed E-state index contributed by atoms with van der Waals surface area (Å²) in [6, 6.07) is 0. The third-order valence-electron chi connectivity index (χ3n) is 2.66. The van der Waals surface area contributed by atoms with Gasteiger partial charge in [-0.2, -0.15) is 0 Å². The van der Waals surface area contributed by atoms with E-state index in [4.69, 9.17) is 0 Å². The van der Waals surface area contributed by atoms with Crippen molar-refractivity contribution >= 4 is 6.29 Å². The first-order valence-corrected chi connectivity index (χ1v) is 4.10. The van der Waals surface area contributed by atoms with Crippen LogP contribution in [-0.2, 0) is 4.79 Å². The number of rotatable bonds is 2. The summed E-state index contributed by atoms with van der Waals surface area (Å²) < 4.78 is 0. The molecule has 0 aromatic carbocycles. The number of hydrogen-bond donors (Lipinski definition) is 0. The second-order valence-electron chi connectivity index (χ2n) is 4.25. The topological polar surface area (TPSA) is 17.1 Å². The molecule has 1 heteroatoms. The zero-order valence-electron chi connectivity index (χ0n) is 7.72. The molecule has 0 aliphatic heterocycles. The van der Waals surface area contributed by atoms with E-state index in [1.165, 1.54) is 5.57 Å². The number of carbonyl (C=O) groups excluding carboxylic acids is 1. The van der Waals surface area contributed by atoms with E-state index in [1.807, 2.05) is 0 Å². The Kier molecular flexibility index (Phi) is 1.91. The van der Waals surface area contributed by atoms with Crippen molar-refractivity contribution in [3.63, 3.8) is 0 Å². The van der Waals surface area contributed by atoms with Crippen LogP contribution in [0.1, 0.15) is 27.7 Å². The smallest absolute Gasteiger partial charge is 0.124 e. The van der Waals surface area contributed by atoms with Crippen LogP contribution in [-0.4, -0.2) is 6.29 Å². The highest BCUT2D eigenvalue weighted by Gasteiger charge is 2.56.